The van der Waals surface area contributed by atoms with E-state index in [4.69, 9.17) is 19.5 Å². The fraction of sp³-hybridized carbons (Fsp3) is 0.700. The molecule has 0 spiro atoms. The maximum absolute atomic E-state index is 13.4. The summed E-state index contributed by atoms with van der Waals surface area (Å²) < 4.78 is 32.0. The number of carbonyl (C=O) groups is 1. The van der Waals surface area contributed by atoms with Crippen molar-refractivity contribution in [3.8, 4) is 0 Å². The molecule has 2 aliphatic heterocycles. The highest BCUT2D eigenvalue weighted by Crippen LogP contribution is 2.59. The van der Waals surface area contributed by atoms with Crippen molar-refractivity contribution in [3.05, 3.63) is 12.7 Å². The van der Waals surface area contributed by atoms with Crippen LogP contribution in [-0.4, -0.2) is 65.6 Å². The number of anilines is 1. The Kier molecular flexibility index (Phi) is 5.42. The summed E-state index contributed by atoms with van der Waals surface area (Å²) in [6.45, 7) is 10.8. The lowest BCUT2D eigenvalue weighted by Crippen LogP contribution is -2.51. The van der Waals surface area contributed by atoms with Gasteiger partial charge in [-0.2, -0.15) is 0 Å². The number of likely N-dealkylation sites (tertiary alicyclic amines) is 1. The van der Waals surface area contributed by atoms with E-state index in [0.29, 0.717) is 11.2 Å². The number of likely N-dealkylation sites (N-methyl/N-ethyl adjacent to an activating group) is 1. The van der Waals surface area contributed by atoms with Crippen molar-refractivity contribution in [2.45, 2.75) is 77.5 Å². The number of hydrogen-bond donors (Lipinski definition) is 2. The lowest BCUT2D eigenvalue weighted by atomic mass is 9.80. The number of nitrogens with zero attached hydrogens (tertiary/aromatic N) is 5. The minimum absolute atomic E-state index is 0.210. The van der Waals surface area contributed by atoms with Gasteiger partial charge in [-0.3, -0.25) is 18.4 Å². The third-order valence-corrected chi connectivity index (χ3v) is 6.88. The maximum Gasteiger partial charge on any atom is 0.473 e. The van der Waals surface area contributed by atoms with E-state index in [1.807, 2.05) is 20.8 Å². The molecule has 4 rings (SSSR count). The quantitative estimate of drug-likeness (QED) is 0.606. The van der Waals surface area contributed by atoms with Gasteiger partial charge in [-0.1, -0.05) is 20.8 Å². The van der Waals surface area contributed by atoms with Gasteiger partial charge >= 0.3 is 7.82 Å². The molecule has 2 fully saturated rings. The van der Waals surface area contributed by atoms with Crippen LogP contribution in [0.4, 0.5) is 5.82 Å². The molecule has 2 saturated heterocycles. The van der Waals surface area contributed by atoms with Gasteiger partial charge in [0, 0.05) is 7.05 Å². The predicted molar refractivity (Wildman–Crippen MR) is 119 cm³/mol. The second-order valence-electron chi connectivity index (χ2n) is 10.8. The molecule has 4 heterocycles. The molecule has 2 bridgehead atoms. The van der Waals surface area contributed by atoms with Gasteiger partial charge in [-0.05, 0) is 32.6 Å². The third-order valence-electron chi connectivity index (χ3n) is 5.61. The maximum atomic E-state index is 13.4. The number of fused-ring (bicyclic) bond motifs is 3. The Hall–Kier alpha value is -2.11. The molecule has 12 nitrogen and oxygen atoms in total. The highest BCUT2D eigenvalue weighted by molar-refractivity contribution is 7.47. The molecule has 2 unspecified atom stereocenters. The van der Waals surface area contributed by atoms with Crippen molar-refractivity contribution in [2.75, 3.05) is 12.8 Å². The number of imidazole rings is 1. The minimum atomic E-state index is -4.55. The summed E-state index contributed by atoms with van der Waals surface area (Å²) in [6, 6.07) is -0.738. The SMILES string of the molecule is CN1C(=O)[C@]2(CC(C)(C)C)O[C@@H](n3cnc4c(N)ncnc43)C1[C@H]2OP(=O)(O)OC(C)(C)C. The molecule has 3 N–H and O–H groups in total. The Morgan fingerprint density at radius 2 is 1.91 bits per heavy atom. The second kappa shape index (κ2) is 7.44. The molecule has 1 amide bonds. The van der Waals surface area contributed by atoms with Gasteiger partial charge in [-0.25, -0.2) is 19.5 Å². The zero-order chi connectivity index (χ0) is 24.6. The van der Waals surface area contributed by atoms with E-state index in [1.54, 1.807) is 32.4 Å². The number of aromatic nitrogens is 4. The molecule has 13 heteroatoms. The molecule has 2 aromatic rings. The lowest BCUT2D eigenvalue weighted by Gasteiger charge is -2.38. The molecule has 5 atom stereocenters. The third kappa shape index (κ3) is 4.15. The molecule has 0 aromatic carbocycles. The summed E-state index contributed by atoms with van der Waals surface area (Å²) in [6.07, 6.45) is 1.21. The predicted octanol–water partition coefficient (Wildman–Crippen LogP) is 2.25. The Morgan fingerprint density at radius 3 is 2.52 bits per heavy atom. The lowest BCUT2D eigenvalue weighted by molar-refractivity contribution is -0.179. The number of morpholine rings is 1. The van der Waals surface area contributed by atoms with Gasteiger partial charge < -0.3 is 20.3 Å². The highest BCUT2D eigenvalue weighted by Gasteiger charge is 2.71. The van der Waals surface area contributed by atoms with E-state index < -0.39 is 37.4 Å². The summed E-state index contributed by atoms with van der Waals surface area (Å²) in [5.41, 5.74) is 3.93. The van der Waals surface area contributed by atoms with Crippen molar-refractivity contribution < 1.29 is 28.0 Å². The fourth-order valence-corrected chi connectivity index (χ4v) is 6.04. The number of rotatable bonds is 5. The van der Waals surface area contributed by atoms with Crippen molar-refractivity contribution >= 4 is 30.7 Å². The molecule has 0 aliphatic carbocycles. The van der Waals surface area contributed by atoms with Crippen LogP contribution in [0.25, 0.3) is 11.2 Å². The molecular weight excluding hydrogens is 451 g/mol. The number of nitrogen functional groups attached to an aromatic ring is 1. The molecule has 2 aliphatic rings. The highest BCUT2D eigenvalue weighted by atomic mass is 31.2. The summed E-state index contributed by atoms with van der Waals surface area (Å²) >= 11 is 0. The van der Waals surface area contributed by atoms with E-state index in [-0.39, 0.29) is 23.6 Å². The van der Waals surface area contributed by atoms with E-state index in [1.165, 1.54) is 17.6 Å². The fourth-order valence-electron chi connectivity index (χ4n) is 4.72. The minimum Gasteiger partial charge on any atom is -0.382 e. The Labute approximate surface area is 192 Å². The van der Waals surface area contributed by atoms with Crippen molar-refractivity contribution in [1.82, 2.24) is 24.4 Å². The van der Waals surface area contributed by atoms with Gasteiger partial charge in [-0.15, -0.1) is 0 Å². The van der Waals surface area contributed by atoms with Crippen molar-refractivity contribution in [3.63, 3.8) is 0 Å². The van der Waals surface area contributed by atoms with Gasteiger partial charge in [0.2, 0.25) is 0 Å². The molecule has 0 saturated carbocycles. The largest absolute Gasteiger partial charge is 0.473 e. The number of amides is 1. The standard InChI is InChI=1S/C20H31N6O6P/c1-18(2,3)8-20-13(31-33(28,29)32-19(4,5)6)12(25(7)17(20)27)16(30-20)26-10-24-11-14(21)22-9-23-15(11)26/h9-10,12-13,16H,8H2,1-7H3,(H,28,29)(H2,21,22,23)/t12?,13-,16-,20-/m1/s1. The molecular formula is C20H31N6O6P. The number of phosphoric ester groups is 1. The molecule has 33 heavy (non-hydrogen) atoms. The van der Waals surface area contributed by atoms with Crippen LogP contribution in [0.1, 0.15) is 54.2 Å². The van der Waals surface area contributed by atoms with Crippen molar-refractivity contribution in [2.24, 2.45) is 5.41 Å². The number of nitrogens with two attached hydrogens (primary N) is 1. The van der Waals surface area contributed by atoms with Crippen LogP contribution in [0.3, 0.4) is 0 Å². The topological polar surface area (TPSA) is 155 Å². The van der Waals surface area contributed by atoms with Crippen LogP contribution in [0.2, 0.25) is 0 Å². The van der Waals surface area contributed by atoms with Crippen LogP contribution < -0.4 is 5.73 Å². The van der Waals surface area contributed by atoms with E-state index in [2.05, 4.69) is 15.0 Å². The second-order valence-corrected chi connectivity index (χ2v) is 12.2. The zero-order valence-electron chi connectivity index (χ0n) is 19.8. The Bertz CT molecular complexity index is 1140. The Morgan fingerprint density at radius 1 is 1.24 bits per heavy atom. The Balaban J connectivity index is 1.81. The van der Waals surface area contributed by atoms with Crippen molar-refractivity contribution in [1.29, 1.82) is 0 Å². The average Bonchev–Trinajstić information content (AvgIpc) is 3.22. The summed E-state index contributed by atoms with van der Waals surface area (Å²) in [5.74, 6) is -0.111. The normalized spacial score (nSPS) is 29.8. The van der Waals surface area contributed by atoms with E-state index in [9.17, 15) is 14.3 Å². The average molecular weight is 482 g/mol. The van der Waals surface area contributed by atoms with Gasteiger partial charge in [0.05, 0.1) is 11.9 Å². The molecule has 182 valence electrons. The monoisotopic (exact) mass is 482 g/mol. The number of hydrogen-bond acceptors (Lipinski definition) is 9. The zero-order valence-corrected chi connectivity index (χ0v) is 20.7. The summed E-state index contributed by atoms with van der Waals surface area (Å²) in [5, 5.41) is 0. The first-order valence-corrected chi connectivity index (χ1v) is 12.1. The van der Waals surface area contributed by atoms with Crippen LogP contribution in [0, 0.1) is 5.41 Å². The number of carbonyl (C=O) groups excluding carboxylic acids is 1. The summed E-state index contributed by atoms with van der Waals surface area (Å²) in [4.78, 5) is 38.0. The van der Waals surface area contributed by atoms with Crippen LogP contribution in [0.5, 0.6) is 0 Å². The van der Waals surface area contributed by atoms with Gasteiger partial charge in [0.25, 0.3) is 5.91 Å². The van der Waals surface area contributed by atoms with Crippen LogP contribution in [0.15, 0.2) is 12.7 Å². The van der Waals surface area contributed by atoms with E-state index in [0.717, 1.165) is 0 Å². The molecule has 2 aromatic heterocycles. The molecule has 0 radical (unpaired) electrons. The first kappa shape index (κ1) is 24.0. The van der Waals surface area contributed by atoms with Gasteiger partial charge in [0.15, 0.2) is 23.3 Å². The first-order valence-electron chi connectivity index (χ1n) is 10.6. The number of phosphoric acid groups is 1. The van der Waals surface area contributed by atoms with Crippen LogP contribution in [-0.2, 0) is 23.1 Å². The number of ether oxygens (including phenoxy) is 1. The smallest absolute Gasteiger partial charge is 0.382 e. The first-order chi connectivity index (χ1) is 15.0. The van der Waals surface area contributed by atoms with Crippen LogP contribution >= 0.6 is 7.82 Å². The van der Waals surface area contributed by atoms with E-state index >= 15 is 0 Å². The van der Waals surface area contributed by atoms with Gasteiger partial charge in [0.1, 0.15) is 24.0 Å². The summed E-state index contributed by atoms with van der Waals surface area (Å²) in [7, 11) is -2.92.